The number of halogens is 3. The van der Waals surface area contributed by atoms with E-state index in [2.05, 4.69) is 10.2 Å². The molecule has 16 heavy (non-hydrogen) atoms. The van der Waals surface area contributed by atoms with E-state index in [9.17, 15) is 13.2 Å². The number of rotatable bonds is 6. The molecular formula is C9H15F3N2O2. The summed E-state index contributed by atoms with van der Waals surface area (Å²) in [5.41, 5.74) is 2.49. The summed E-state index contributed by atoms with van der Waals surface area (Å²) in [4.78, 5) is 0. The lowest BCUT2D eigenvalue weighted by Crippen LogP contribution is -2.38. The molecule has 1 heterocycles. The zero-order chi connectivity index (χ0) is 12.0. The Morgan fingerprint density at radius 2 is 2.31 bits per heavy atom. The van der Waals surface area contributed by atoms with Gasteiger partial charge in [-0.25, -0.2) is 5.43 Å². The van der Waals surface area contributed by atoms with Crippen LogP contribution >= 0.6 is 0 Å². The number of hydrogen-bond donors (Lipinski definition) is 2. The summed E-state index contributed by atoms with van der Waals surface area (Å²) < 4.78 is 45.0. The third-order valence-electron chi connectivity index (χ3n) is 2.09. The summed E-state index contributed by atoms with van der Waals surface area (Å²) >= 11 is 0. The first-order valence-electron chi connectivity index (χ1n) is 4.96. The summed E-state index contributed by atoms with van der Waals surface area (Å²) in [5.74, 6) is 5.95. The van der Waals surface area contributed by atoms with Crippen molar-refractivity contribution in [2.24, 2.45) is 5.84 Å². The van der Waals surface area contributed by atoms with Gasteiger partial charge in [0, 0.05) is 13.0 Å². The second-order valence-corrected chi connectivity index (χ2v) is 3.42. The predicted molar refractivity (Wildman–Crippen MR) is 51.3 cm³/mol. The fraction of sp³-hybridized carbons (Fsp3) is 0.778. The maximum Gasteiger partial charge on any atom is 0.411 e. The summed E-state index contributed by atoms with van der Waals surface area (Å²) in [6, 6.07) is -0.282. The van der Waals surface area contributed by atoms with E-state index < -0.39 is 12.8 Å². The number of nitrogens with one attached hydrogen (secondary N) is 1. The van der Waals surface area contributed by atoms with Crippen LogP contribution in [0.1, 0.15) is 12.8 Å². The van der Waals surface area contributed by atoms with Crippen molar-refractivity contribution in [2.75, 3.05) is 19.8 Å². The van der Waals surface area contributed by atoms with Crippen molar-refractivity contribution < 1.29 is 22.6 Å². The van der Waals surface area contributed by atoms with Crippen LogP contribution in [0.15, 0.2) is 11.8 Å². The molecule has 0 bridgehead atoms. The van der Waals surface area contributed by atoms with Gasteiger partial charge in [0.2, 0.25) is 0 Å². The van der Waals surface area contributed by atoms with Crippen LogP contribution < -0.4 is 11.3 Å². The first-order chi connectivity index (χ1) is 7.53. The van der Waals surface area contributed by atoms with Gasteiger partial charge in [-0.05, 0) is 12.5 Å². The molecule has 0 saturated heterocycles. The smallest absolute Gasteiger partial charge is 0.411 e. The van der Waals surface area contributed by atoms with Crippen molar-refractivity contribution in [3.05, 3.63) is 11.8 Å². The van der Waals surface area contributed by atoms with Gasteiger partial charge >= 0.3 is 6.18 Å². The van der Waals surface area contributed by atoms with Gasteiger partial charge in [-0.15, -0.1) is 0 Å². The molecule has 1 unspecified atom stereocenters. The number of nitrogens with two attached hydrogens (primary N) is 1. The van der Waals surface area contributed by atoms with Gasteiger partial charge in [0.05, 0.1) is 12.6 Å². The maximum absolute atomic E-state index is 11.8. The predicted octanol–water partition coefficient (Wildman–Crippen LogP) is 1.09. The Morgan fingerprint density at radius 3 is 2.81 bits per heavy atom. The van der Waals surface area contributed by atoms with Crippen molar-refractivity contribution in [1.82, 2.24) is 5.43 Å². The Balaban J connectivity index is 2.19. The summed E-state index contributed by atoms with van der Waals surface area (Å²) in [6.45, 7) is -0.657. The molecule has 1 rings (SSSR count). The van der Waals surface area contributed by atoms with Crippen LogP contribution in [-0.2, 0) is 9.47 Å². The van der Waals surface area contributed by atoms with E-state index in [-0.39, 0.29) is 12.6 Å². The molecule has 0 aliphatic carbocycles. The summed E-state index contributed by atoms with van der Waals surface area (Å²) in [6.07, 6.45) is -1.27. The highest BCUT2D eigenvalue weighted by Crippen LogP contribution is 2.17. The van der Waals surface area contributed by atoms with Gasteiger partial charge < -0.3 is 9.47 Å². The van der Waals surface area contributed by atoms with Gasteiger partial charge in [-0.2, -0.15) is 13.2 Å². The van der Waals surface area contributed by atoms with Crippen molar-refractivity contribution >= 4 is 0 Å². The number of hydrazine groups is 1. The third kappa shape index (κ3) is 4.82. The fourth-order valence-corrected chi connectivity index (χ4v) is 1.38. The number of hydrogen-bond acceptors (Lipinski definition) is 4. The number of alkyl halides is 3. The second kappa shape index (κ2) is 6.07. The van der Waals surface area contributed by atoms with E-state index >= 15 is 0 Å². The lowest BCUT2D eigenvalue weighted by molar-refractivity contribution is -0.174. The Labute approximate surface area is 91.5 Å². The Kier molecular flexibility index (Phi) is 5.04. The highest BCUT2D eigenvalue weighted by molar-refractivity contribution is 5.06. The van der Waals surface area contributed by atoms with E-state index in [0.29, 0.717) is 18.8 Å². The van der Waals surface area contributed by atoms with Gasteiger partial charge in [0.15, 0.2) is 0 Å². The van der Waals surface area contributed by atoms with E-state index in [1.54, 1.807) is 0 Å². The molecule has 1 atom stereocenters. The minimum Gasteiger partial charge on any atom is -0.496 e. The summed E-state index contributed by atoms with van der Waals surface area (Å²) in [7, 11) is 0. The quantitative estimate of drug-likeness (QED) is 0.414. The molecule has 4 nitrogen and oxygen atoms in total. The standard InChI is InChI=1S/C9H15F3N2O2/c10-9(11,12)6-15-5-3-7(14-13)8-2-1-4-16-8/h2,7,14H,1,3-6,13H2. The van der Waals surface area contributed by atoms with Crippen LogP contribution in [0, 0.1) is 0 Å². The molecule has 3 N–H and O–H groups in total. The van der Waals surface area contributed by atoms with Crippen molar-refractivity contribution in [2.45, 2.75) is 25.1 Å². The second-order valence-electron chi connectivity index (χ2n) is 3.42. The maximum atomic E-state index is 11.8. The molecule has 0 aromatic carbocycles. The average Bonchev–Trinajstić information content (AvgIpc) is 2.69. The molecule has 0 radical (unpaired) electrons. The number of ether oxygens (including phenoxy) is 2. The molecule has 0 spiro atoms. The van der Waals surface area contributed by atoms with E-state index in [1.165, 1.54) is 0 Å². The normalized spacial score (nSPS) is 18.1. The lowest BCUT2D eigenvalue weighted by atomic mass is 10.2. The molecule has 0 amide bonds. The largest absolute Gasteiger partial charge is 0.496 e. The highest BCUT2D eigenvalue weighted by atomic mass is 19.4. The lowest BCUT2D eigenvalue weighted by Gasteiger charge is -2.17. The Hall–Kier alpha value is -0.790. The molecule has 7 heteroatoms. The Bertz CT molecular complexity index is 243. The van der Waals surface area contributed by atoms with Gasteiger partial charge in [-0.3, -0.25) is 5.84 Å². The van der Waals surface area contributed by atoms with Gasteiger partial charge in [0.25, 0.3) is 0 Å². The SMILES string of the molecule is NNC(CCOCC(F)(F)F)C1=CCCO1. The van der Waals surface area contributed by atoms with Crippen LogP contribution in [0.2, 0.25) is 0 Å². The Morgan fingerprint density at radius 1 is 1.56 bits per heavy atom. The van der Waals surface area contributed by atoms with E-state index in [0.717, 1.165) is 6.42 Å². The van der Waals surface area contributed by atoms with Gasteiger partial charge in [0.1, 0.15) is 12.4 Å². The zero-order valence-corrected chi connectivity index (χ0v) is 8.72. The van der Waals surface area contributed by atoms with E-state index in [1.807, 2.05) is 6.08 Å². The molecular weight excluding hydrogens is 225 g/mol. The summed E-state index contributed by atoms with van der Waals surface area (Å²) in [5, 5.41) is 0. The average molecular weight is 240 g/mol. The topological polar surface area (TPSA) is 56.5 Å². The molecule has 0 fully saturated rings. The first kappa shape index (κ1) is 13.3. The molecule has 94 valence electrons. The van der Waals surface area contributed by atoms with Crippen molar-refractivity contribution in [3.8, 4) is 0 Å². The fourth-order valence-electron chi connectivity index (χ4n) is 1.38. The molecule has 0 aromatic rings. The van der Waals surface area contributed by atoms with Crippen molar-refractivity contribution in [3.63, 3.8) is 0 Å². The third-order valence-corrected chi connectivity index (χ3v) is 2.09. The van der Waals surface area contributed by atoms with Crippen LogP contribution in [0.4, 0.5) is 13.2 Å². The van der Waals surface area contributed by atoms with Crippen LogP contribution in [0.5, 0.6) is 0 Å². The molecule has 1 aliphatic rings. The van der Waals surface area contributed by atoms with E-state index in [4.69, 9.17) is 10.6 Å². The van der Waals surface area contributed by atoms with Crippen LogP contribution in [0.25, 0.3) is 0 Å². The highest BCUT2D eigenvalue weighted by Gasteiger charge is 2.27. The monoisotopic (exact) mass is 240 g/mol. The molecule has 0 saturated carbocycles. The van der Waals surface area contributed by atoms with Crippen molar-refractivity contribution in [1.29, 1.82) is 0 Å². The van der Waals surface area contributed by atoms with Crippen LogP contribution in [-0.4, -0.2) is 32.0 Å². The first-order valence-corrected chi connectivity index (χ1v) is 4.96. The zero-order valence-electron chi connectivity index (χ0n) is 8.72. The van der Waals surface area contributed by atoms with Crippen LogP contribution in [0.3, 0.4) is 0 Å². The minimum atomic E-state index is -4.28. The molecule has 1 aliphatic heterocycles. The minimum absolute atomic E-state index is 0.0188. The molecule has 0 aromatic heterocycles. The van der Waals surface area contributed by atoms with Gasteiger partial charge in [-0.1, -0.05) is 0 Å².